The minimum absolute atomic E-state index is 0.185. The van der Waals surface area contributed by atoms with E-state index in [1.807, 2.05) is 30.3 Å². The molecule has 0 unspecified atom stereocenters. The largest absolute Gasteiger partial charge is 0.413 e. The molecule has 0 radical (unpaired) electrons. The first-order valence-electron chi connectivity index (χ1n) is 8.55. The zero-order valence-corrected chi connectivity index (χ0v) is 16.7. The third-order valence-electron chi connectivity index (χ3n) is 5.08. The highest BCUT2D eigenvalue weighted by Gasteiger charge is 2.36. The molecule has 0 heterocycles. The molecule has 0 aliphatic heterocycles. The molecule has 2 aromatic rings. The number of aliphatic hydroxyl groups is 1. The maximum atomic E-state index is 10.6. The van der Waals surface area contributed by atoms with Crippen LogP contribution in [-0.2, 0) is 11.0 Å². The molecule has 3 nitrogen and oxygen atoms in total. The van der Waals surface area contributed by atoms with Gasteiger partial charge in [0.15, 0.2) is 8.32 Å². The number of hydrogen-bond donors (Lipinski definition) is 1. The third kappa shape index (κ3) is 4.58. The minimum atomic E-state index is -1.77. The van der Waals surface area contributed by atoms with Gasteiger partial charge in [0, 0.05) is 5.56 Å². The lowest BCUT2D eigenvalue weighted by atomic mass is 9.97. The van der Waals surface area contributed by atoms with Crippen LogP contribution in [0.15, 0.2) is 48.5 Å². The second-order valence-corrected chi connectivity index (χ2v) is 12.7. The van der Waals surface area contributed by atoms with Gasteiger partial charge in [0.1, 0.15) is 6.10 Å². The molecule has 1 atom stereocenters. The van der Waals surface area contributed by atoms with Crippen molar-refractivity contribution in [2.45, 2.75) is 51.6 Å². The summed E-state index contributed by atoms with van der Waals surface area (Å²) in [5, 5.41) is 20.0. The molecule has 25 heavy (non-hydrogen) atoms. The Morgan fingerprint density at radius 3 is 2.24 bits per heavy atom. The second kappa shape index (κ2) is 7.53. The molecule has 0 saturated heterocycles. The fourth-order valence-electron chi connectivity index (χ4n) is 2.29. The topological polar surface area (TPSA) is 53.2 Å². The molecule has 0 aliphatic rings. The third-order valence-corrected chi connectivity index (χ3v) is 9.56. The van der Waals surface area contributed by atoms with Gasteiger partial charge in [-0.3, -0.25) is 0 Å². The van der Waals surface area contributed by atoms with Crippen LogP contribution < -0.4 is 0 Å². The smallest absolute Gasteiger partial charge is 0.192 e. The molecular formula is C21H27NO2Si. The lowest BCUT2D eigenvalue weighted by Crippen LogP contribution is -2.40. The Balaban J connectivity index is 2.11. The highest BCUT2D eigenvalue weighted by atomic mass is 28.4. The summed E-state index contributed by atoms with van der Waals surface area (Å²) >= 11 is 0. The minimum Gasteiger partial charge on any atom is -0.413 e. The van der Waals surface area contributed by atoms with Gasteiger partial charge in [-0.2, -0.15) is 5.26 Å². The van der Waals surface area contributed by atoms with E-state index in [0.29, 0.717) is 17.7 Å². The van der Waals surface area contributed by atoms with Gasteiger partial charge in [0.05, 0.1) is 18.2 Å². The highest BCUT2D eigenvalue weighted by molar-refractivity contribution is 6.74. The Kier molecular flexibility index (Phi) is 5.84. The Hall–Kier alpha value is -1.93. The molecule has 132 valence electrons. The average Bonchev–Trinajstić information content (AvgIpc) is 2.59. The van der Waals surface area contributed by atoms with Crippen molar-refractivity contribution in [3.63, 3.8) is 0 Å². The van der Waals surface area contributed by atoms with Crippen LogP contribution in [-0.4, -0.2) is 13.4 Å². The van der Waals surface area contributed by atoms with Crippen LogP contribution in [0.2, 0.25) is 18.1 Å². The van der Waals surface area contributed by atoms with Crippen LogP contribution in [0.5, 0.6) is 0 Å². The summed E-state index contributed by atoms with van der Waals surface area (Å²) in [5.74, 6) is 0. The maximum absolute atomic E-state index is 10.6. The Bertz CT molecular complexity index is 755. The molecule has 4 heteroatoms. The van der Waals surface area contributed by atoms with Crippen LogP contribution in [0.25, 0.3) is 0 Å². The molecule has 2 aromatic carbocycles. The average molecular weight is 354 g/mol. The predicted octanol–water partition coefficient (Wildman–Crippen LogP) is 5.16. The summed E-state index contributed by atoms with van der Waals surface area (Å²) in [7, 11) is -1.77. The molecule has 0 aromatic heterocycles. The quantitative estimate of drug-likeness (QED) is 0.755. The molecule has 0 saturated carbocycles. The summed E-state index contributed by atoms with van der Waals surface area (Å²) in [4.78, 5) is 0. The van der Waals surface area contributed by atoms with E-state index in [9.17, 15) is 10.4 Å². The molecule has 0 aliphatic carbocycles. The van der Waals surface area contributed by atoms with Gasteiger partial charge in [0.2, 0.25) is 0 Å². The molecular weight excluding hydrogens is 326 g/mol. The van der Waals surface area contributed by atoms with E-state index >= 15 is 0 Å². The zero-order chi connectivity index (χ0) is 18.7. The first-order chi connectivity index (χ1) is 11.7. The maximum Gasteiger partial charge on any atom is 0.192 e. The Morgan fingerprint density at radius 2 is 1.68 bits per heavy atom. The van der Waals surface area contributed by atoms with Gasteiger partial charge in [-0.15, -0.1) is 0 Å². The van der Waals surface area contributed by atoms with Crippen molar-refractivity contribution in [3.8, 4) is 6.07 Å². The van der Waals surface area contributed by atoms with Gasteiger partial charge < -0.3 is 9.53 Å². The number of nitriles is 1. The van der Waals surface area contributed by atoms with Gasteiger partial charge in [-0.25, -0.2) is 0 Å². The summed E-state index contributed by atoms with van der Waals surface area (Å²) in [6.07, 6.45) is -0.800. The van der Waals surface area contributed by atoms with E-state index in [1.165, 1.54) is 0 Å². The predicted molar refractivity (Wildman–Crippen MR) is 104 cm³/mol. The van der Waals surface area contributed by atoms with Gasteiger partial charge in [0.25, 0.3) is 0 Å². The first-order valence-corrected chi connectivity index (χ1v) is 11.5. The van der Waals surface area contributed by atoms with Crippen LogP contribution in [0.1, 0.15) is 49.1 Å². The van der Waals surface area contributed by atoms with Crippen molar-refractivity contribution >= 4 is 8.32 Å². The van der Waals surface area contributed by atoms with E-state index in [0.717, 1.165) is 11.1 Å². The van der Waals surface area contributed by atoms with Crippen LogP contribution in [0, 0.1) is 11.3 Å². The monoisotopic (exact) mass is 353 g/mol. The number of hydrogen-bond acceptors (Lipinski definition) is 3. The van der Waals surface area contributed by atoms with Crippen molar-refractivity contribution in [2.24, 2.45) is 0 Å². The highest BCUT2D eigenvalue weighted by Crippen LogP contribution is 2.37. The van der Waals surface area contributed by atoms with Crippen molar-refractivity contribution in [2.75, 3.05) is 0 Å². The fourth-order valence-corrected chi connectivity index (χ4v) is 3.25. The van der Waals surface area contributed by atoms with Crippen molar-refractivity contribution < 1.29 is 9.53 Å². The first kappa shape index (κ1) is 19.4. The number of aliphatic hydroxyl groups excluding tert-OH is 1. The summed E-state index contributed by atoms with van der Waals surface area (Å²) in [6.45, 7) is 11.7. The van der Waals surface area contributed by atoms with E-state index in [4.69, 9.17) is 4.43 Å². The van der Waals surface area contributed by atoms with Crippen molar-refractivity contribution in [3.05, 3.63) is 70.8 Å². The molecule has 0 spiro atoms. The van der Waals surface area contributed by atoms with Gasteiger partial charge in [-0.1, -0.05) is 63.2 Å². The van der Waals surface area contributed by atoms with Crippen LogP contribution in [0.3, 0.4) is 0 Å². The number of rotatable bonds is 5. The SMILES string of the molecule is CC(C)(C)[Si](C)(C)OCc1ccc([C@H](O)c2ccccc2C#N)cc1. The molecule has 2 rings (SSSR count). The molecule has 0 fully saturated rings. The van der Waals surface area contributed by atoms with Crippen molar-refractivity contribution in [1.82, 2.24) is 0 Å². The van der Waals surface area contributed by atoms with E-state index in [2.05, 4.69) is 39.9 Å². The lowest BCUT2D eigenvalue weighted by molar-refractivity contribution is 0.220. The summed E-state index contributed by atoms with van der Waals surface area (Å²) in [5.41, 5.74) is 3.00. The standard InChI is InChI=1S/C21H27NO2Si/c1-21(2,3)25(4,5)24-15-16-10-12-17(13-11-16)20(23)19-9-7-6-8-18(19)14-22/h6-13,20,23H,15H2,1-5H3/t20-/m0/s1. The Morgan fingerprint density at radius 1 is 1.08 bits per heavy atom. The molecule has 0 bridgehead atoms. The van der Waals surface area contributed by atoms with Gasteiger partial charge in [-0.05, 0) is 35.3 Å². The molecule has 1 N–H and O–H groups in total. The van der Waals surface area contributed by atoms with Crippen LogP contribution in [0.4, 0.5) is 0 Å². The fraction of sp³-hybridized carbons (Fsp3) is 0.381. The summed E-state index contributed by atoms with van der Waals surface area (Å²) < 4.78 is 6.23. The van der Waals surface area contributed by atoms with Crippen LogP contribution >= 0.6 is 0 Å². The molecule has 0 amide bonds. The number of nitrogens with zero attached hydrogens (tertiary/aromatic N) is 1. The normalized spacial score (nSPS) is 13.3. The Labute approximate surface area is 152 Å². The van der Waals surface area contributed by atoms with E-state index < -0.39 is 14.4 Å². The van der Waals surface area contributed by atoms with E-state index in [-0.39, 0.29) is 5.04 Å². The second-order valence-electron chi connectivity index (χ2n) is 7.89. The zero-order valence-electron chi connectivity index (χ0n) is 15.7. The van der Waals surface area contributed by atoms with Gasteiger partial charge >= 0.3 is 0 Å². The number of benzene rings is 2. The lowest BCUT2D eigenvalue weighted by Gasteiger charge is -2.36. The van der Waals surface area contributed by atoms with Crippen molar-refractivity contribution in [1.29, 1.82) is 5.26 Å². The summed E-state index contributed by atoms with van der Waals surface area (Å²) in [6, 6.07) is 17.1. The van der Waals surface area contributed by atoms with E-state index in [1.54, 1.807) is 18.2 Å².